The Kier molecular flexibility index (Phi) is 6.99. The predicted octanol–water partition coefficient (Wildman–Crippen LogP) is 4.27. The molecule has 1 aromatic heterocycles. The molecule has 1 aliphatic heterocycles. The van der Waals surface area contributed by atoms with Gasteiger partial charge in [0.15, 0.2) is 12.4 Å². The van der Waals surface area contributed by atoms with E-state index in [0.29, 0.717) is 37.0 Å². The summed E-state index contributed by atoms with van der Waals surface area (Å²) in [6, 6.07) is 13.2. The van der Waals surface area contributed by atoms with E-state index in [9.17, 15) is 9.18 Å². The number of carbonyl (C=O) groups is 1. The Balaban J connectivity index is 1.33. The zero-order valence-electron chi connectivity index (χ0n) is 18.0. The normalized spacial score (nSPS) is 16.1. The molecule has 8 heteroatoms. The average Bonchev–Trinajstić information content (AvgIpc) is 3.27. The predicted molar refractivity (Wildman–Crippen MR) is 115 cm³/mol. The highest BCUT2D eigenvalue weighted by atomic mass is 19.1. The van der Waals surface area contributed by atoms with Gasteiger partial charge >= 0.3 is 0 Å². The van der Waals surface area contributed by atoms with Gasteiger partial charge in [0.05, 0.1) is 6.61 Å². The Hall–Kier alpha value is -3.42. The third kappa shape index (κ3) is 5.63. The topological polar surface area (TPSA) is 77.7 Å². The van der Waals surface area contributed by atoms with Crippen molar-refractivity contribution in [3.8, 4) is 11.5 Å². The third-order valence-electron chi connectivity index (χ3n) is 5.35. The van der Waals surface area contributed by atoms with E-state index in [1.807, 2.05) is 31.2 Å². The number of rotatable bonds is 8. The van der Waals surface area contributed by atoms with Gasteiger partial charge in [0.25, 0.3) is 5.91 Å². The second kappa shape index (κ2) is 10.3. The molecule has 1 saturated heterocycles. The highest BCUT2D eigenvalue weighted by Gasteiger charge is 2.32. The number of hydrogen-bond donors (Lipinski definition) is 0. The van der Waals surface area contributed by atoms with E-state index in [1.54, 1.807) is 4.90 Å². The minimum atomic E-state index is -0.351. The lowest BCUT2D eigenvalue weighted by Crippen LogP contribution is -2.41. The Bertz CT molecular complexity index is 1040. The molecular formula is C24H26FN3O4. The lowest BCUT2D eigenvalue weighted by molar-refractivity contribution is -0.138. The van der Waals surface area contributed by atoms with Crippen LogP contribution in [0.25, 0.3) is 0 Å². The number of amides is 1. The Labute approximate surface area is 186 Å². The fraction of sp³-hybridized carbons (Fsp3) is 0.375. The number of carbonyl (C=O) groups excluding carboxylic acids is 1. The van der Waals surface area contributed by atoms with Crippen LogP contribution in [0.4, 0.5) is 4.39 Å². The minimum Gasteiger partial charge on any atom is -0.493 e. The molecule has 2 aromatic carbocycles. The summed E-state index contributed by atoms with van der Waals surface area (Å²) in [5.74, 6) is 1.72. The van der Waals surface area contributed by atoms with Gasteiger partial charge in [-0.15, -0.1) is 0 Å². The summed E-state index contributed by atoms with van der Waals surface area (Å²) < 4.78 is 29.8. The van der Waals surface area contributed by atoms with Crippen molar-refractivity contribution < 1.29 is 23.2 Å². The van der Waals surface area contributed by atoms with Gasteiger partial charge in [0.1, 0.15) is 23.4 Å². The van der Waals surface area contributed by atoms with Crippen molar-refractivity contribution in [2.75, 3.05) is 19.8 Å². The smallest absolute Gasteiger partial charge is 0.261 e. The van der Waals surface area contributed by atoms with Crippen LogP contribution in [0.15, 0.2) is 53.1 Å². The number of aryl methyl sites for hydroxylation is 1. The van der Waals surface area contributed by atoms with Crippen LogP contribution in [0.3, 0.4) is 0 Å². The fourth-order valence-corrected chi connectivity index (χ4v) is 3.72. The third-order valence-corrected chi connectivity index (χ3v) is 5.35. The molecule has 2 heterocycles. The summed E-state index contributed by atoms with van der Waals surface area (Å²) in [7, 11) is 0. The molecule has 1 atom stereocenters. The Morgan fingerprint density at radius 1 is 1.16 bits per heavy atom. The van der Waals surface area contributed by atoms with Crippen LogP contribution in [-0.4, -0.2) is 40.7 Å². The van der Waals surface area contributed by atoms with Crippen molar-refractivity contribution >= 4 is 5.91 Å². The number of hydrogen-bond acceptors (Lipinski definition) is 6. The van der Waals surface area contributed by atoms with Crippen LogP contribution in [0.5, 0.6) is 11.5 Å². The number of benzene rings is 2. The van der Waals surface area contributed by atoms with E-state index < -0.39 is 0 Å². The van der Waals surface area contributed by atoms with E-state index >= 15 is 0 Å². The first-order valence-corrected chi connectivity index (χ1v) is 10.8. The molecule has 0 bridgehead atoms. The van der Waals surface area contributed by atoms with Crippen molar-refractivity contribution in [3.05, 3.63) is 71.6 Å². The highest BCUT2D eigenvalue weighted by Crippen LogP contribution is 2.30. The van der Waals surface area contributed by atoms with Gasteiger partial charge in [0, 0.05) is 13.0 Å². The van der Waals surface area contributed by atoms with Gasteiger partial charge in [0.2, 0.25) is 5.89 Å². The first-order valence-electron chi connectivity index (χ1n) is 10.8. The van der Waals surface area contributed by atoms with E-state index in [0.717, 1.165) is 30.6 Å². The van der Waals surface area contributed by atoms with Gasteiger partial charge in [-0.25, -0.2) is 4.39 Å². The van der Waals surface area contributed by atoms with Crippen LogP contribution >= 0.6 is 0 Å². The quantitative estimate of drug-likeness (QED) is 0.522. The summed E-state index contributed by atoms with van der Waals surface area (Å²) in [5, 5.41) is 4.06. The second-order valence-corrected chi connectivity index (χ2v) is 7.81. The lowest BCUT2D eigenvalue weighted by atomic mass is 10.0. The number of nitrogens with zero attached hydrogens (tertiary/aromatic N) is 3. The molecule has 4 rings (SSSR count). The van der Waals surface area contributed by atoms with Crippen LogP contribution < -0.4 is 9.47 Å². The van der Waals surface area contributed by atoms with Crippen molar-refractivity contribution in [2.45, 2.75) is 38.6 Å². The zero-order valence-corrected chi connectivity index (χ0v) is 18.0. The molecule has 3 aromatic rings. The monoisotopic (exact) mass is 439 g/mol. The molecule has 0 saturated carbocycles. The first-order chi connectivity index (χ1) is 15.6. The van der Waals surface area contributed by atoms with Crippen LogP contribution in [-0.2, 0) is 11.2 Å². The molecule has 168 valence electrons. The van der Waals surface area contributed by atoms with E-state index in [4.69, 9.17) is 14.0 Å². The SMILES string of the molecule is Cc1cccc(OCCc2noc(C3CCCCN3C(=O)COc3ccc(F)cc3)n2)c1. The maximum atomic E-state index is 13.0. The van der Waals surface area contributed by atoms with Gasteiger partial charge in [-0.3, -0.25) is 4.79 Å². The molecule has 1 amide bonds. The Morgan fingerprint density at radius 2 is 2.00 bits per heavy atom. The van der Waals surface area contributed by atoms with Crippen molar-refractivity contribution in [3.63, 3.8) is 0 Å². The Morgan fingerprint density at radius 3 is 2.81 bits per heavy atom. The van der Waals surface area contributed by atoms with Crippen molar-refractivity contribution in [1.29, 1.82) is 0 Å². The van der Waals surface area contributed by atoms with Gasteiger partial charge < -0.3 is 18.9 Å². The number of likely N-dealkylation sites (tertiary alicyclic amines) is 1. The molecule has 0 aliphatic carbocycles. The molecule has 7 nitrogen and oxygen atoms in total. The summed E-state index contributed by atoms with van der Waals surface area (Å²) in [5.41, 5.74) is 1.13. The van der Waals surface area contributed by atoms with Gasteiger partial charge in [-0.1, -0.05) is 17.3 Å². The van der Waals surface area contributed by atoms with E-state index in [-0.39, 0.29) is 24.4 Å². The molecule has 1 fully saturated rings. The maximum Gasteiger partial charge on any atom is 0.261 e. The zero-order chi connectivity index (χ0) is 22.3. The first kappa shape index (κ1) is 21.8. The standard InChI is InChI=1S/C24H26FN3O4/c1-17-5-4-6-20(15-17)30-14-12-22-26-24(32-27-22)21-7-2-3-13-28(21)23(29)16-31-19-10-8-18(25)9-11-19/h4-6,8-11,15,21H,2-3,7,12-14,16H2,1H3. The number of aromatic nitrogens is 2. The maximum absolute atomic E-state index is 13.0. The number of piperidine rings is 1. The molecule has 1 aliphatic rings. The van der Waals surface area contributed by atoms with Crippen LogP contribution in [0.1, 0.15) is 42.6 Å². The van der Waals surface area contributed by atoms with E-state index in [2.05, 4.69) is 10.1 Å². The largest absolute Gasteiger partial charge is 0.493 e. The molecule has 0 radical (unpaired) electrons. The van der Waals surface area contributed by atoms with Gasteiger partial charge in [-0.05, 0) is 68.1 Å². The summed E-state index contributed by atoms with van der Waals surface area (Å²) in [4.78, 5) is 19.0. The molecule has 0 spiro atoms. The fourth-order valence-electron chi connectivity index (χ4n) is 3.72. The lowest BCUT2D eigenvalue weighted by Gasteiger charge is -2.33. The molecule has 0 N–H and O–H groups in total. The summed E-state index contributed by atoms with van der Waals surface area (Å²) in [6.45, 7) is 2.92. The molecule has 1 unspecified atom stereocenters. The van der Waals surface area contributed by atoms with E-state index in [1.165, 1.54) is 24.3 Å². The summed E-state index contributed by atoms with van der Waals surface area (Å²) in [6.07, 6.45) is 3.14. The van der Waals surface area contributed by atoms with Crippen LogP contribution in [0.2, 0.25) is 0 Å². The summed E-state index contributed by atoms with van der Waals surface area (Å²) >= 11 is 0. The van der Waals surface area contributed by atoms with Gasteiger partial charge in [-0.2, -0.15) is 4.98 Å². The second-order valence-electron chi connectivity index (χ2n) is 7.81. The molecular weight excluding hydrogens is 413 g/mol. The average molecular weight is 439 g/mol. The number of halogens is 1. The molecule has 32 heavy (non-hydrogen) atoms. The van der Waals surface area contributed by atoms with Crippen molar-refractivity contribution in [1.82, 2.24) is 15.0 Å². The van der Waals surface area contributed by atoms with Crippen molar-refractivity contribution in [2.24, 2.45) is 0 Å². The number of ether oxygens (including phenoxy) is 2. The minimum absolute atomic E-state index is 0.131. The van der Waals surface area contributed by atoms with Crippen LogP contribution in [0, 0.1) is 12.7 Å². The highest BCUT2D eigenvalue weighted by molar-refractivity contribution is 5.78.